The lowest BCUT2D eigenvalue weighted by Crippen LogP contribution is -2.48. The van der Waals surface area contributed by atoms with Crippen molar-refractivity contribution in [2.45, 2.75) is 26.8 Å². The van der Waals surface area contributed by atoms with E-state index in [-0.39, 0.29) is 5.82 Å². The molecule has 1 aromatic carbocycles. The van der Waals surface area contributed by atoms with Crippen molar-refractivity contribution in [3.63, 3.8) is 0 Å². The summed E-state index contributed by atoms with van der Waals surface area (Å²) in [5.41, 5.74) is 1.39. The van der Waals surface area contributed by atoms with Gasteiger partial charge in [-0.05, 0) is 36.0 Å². The van der Waals surface area contributed by atoms with Crippen LogP contribution in [-0.4, -0.2) is 40.5 Å². The predicted molar refractivity (Wildman–Crippen MR) is 98.2 cm³/mol. The molecule has 2 atom stereocenters. The van der Waals surface area contributed by atoms with Crippen LogP contribution in [0.25, 0.3) is 5.69 Å². The van der Waals surface area contributed by atoms with Crippen molar-refractivity contribution in [2.75, 3.05) is 20.1 Å². The second-order valence-electron chi connectivity index (χ2n) is 7.01. The van der Waals surface area contributed by atoms with Crippen molar-refractivity contribution in [2.24, 2.45) is 16.8 Å². The molecule has 0 amide bonds. The number of nitrogens with zero attached hydrogens (tertiary/aromatic N) is 4. The number of hydrogen-bond acceptors (Lipinski definition) is 2. The highest BCUT2D eigenvalue weighted by Crippen LogP contribution is 2.21. The van der Waals surface area contributed by atoms with Crippen LogP contribution in [0.3, 0.4) is 0 Å². The summed E-state index contributed by atoms with van der Waals surface area (Å²) in [4.78, 5) is 10.7. The van der Waals surface area contributed by atoms with E-state index in [1.807, 2.05) is 6.07 Å². The van der Waals surface area contributed by atoms with E-state index >= 15 is 0 Å². The normalized spacial score (nSPS) is 21.4. The van der Waals surface area contributed by atoms with Gasteiger partial charge in [-0.3, -0.25) is 4.99 Å². The number of guanidine groups is 1. The Balaban J connectivity index is 1.65. The van der Waals surface area contributed by atoms with E-state index in [0.29, 0.717) is 24.1 Å². The third kappa shape index (κ3) is 4.18. The van der Waals surface area contributed by atoms with Gasteiger partial charge in [-0.2, -0.15) is 0 Å². The SMILES string of the molecule is CN=C(NCc1ccc(-n2ccnc2)c(F)c1)N1CC(C)CC(C)C1. The first-order valence-corrected chi connectivity index (χ1v) is 8.79. The summed E-state index contributed by atoms with van der Waals surface area (Å²) in [6, 6.07) is 5.28. The van der Waals surface area contributed by atoms with Gasteiger partial charge >= 0.3 is 0 Å². The Kier molecular flexibility index (Phi) is 5.36. The molecule has 6 heteroatoms. The van der Waals surface area contributed by atoms with Gasteiger partial charge in [0.05, 0.1) is 12.0 Å². The van der Waals surface area contributed by atoms with Crippen molar-refractivity contribution < 1.29 is 4.39 Å². The molecule has 0 spiro atoms. The maximum absolute atomic E-state index is 14.4. The Hall–Kier alpha value is -2.37. The number of benzene rings is 1. The number of aromatic nitrogens is 2. The molecule has 1 aliphatic heterocycles. The van der Waals surface area contributed by atoms with Crippen LogP contribution in [-0.2, 0) is 6.54 Å². The minimum atomic E-state index is -0.257. The zero-order valence-electron chi connectivity index (χ0n) is 15.1. The quantitative estimate of drug-likeness (QED) is 0.688. The van der Waals surface area contributed by atoms with E-state index in [1.54, 1.807) is 42.5 Å². The molecule has 5 nitrogen and oxygen atoms in total. The van der Waals surface area contributed by atoms with Crippen LogP contribution in [0.15, 0.2) is 41.9 Å². The minimum Gasteiger partial charge on any atom is -0.352 e. The summed E-state index contributed by atoms with van der Waals surface area (Å²) in [6.45, 7) is 7.13. The molecule has 0 saturated carbocycles. The summed E-state index contributed by atoms with van der Waals surface area (Å²) >= 11 is 0. The van der Waals surface area contributed by atoms with Crippen LogP contribution in [0.5, 0.6) is 0 Å². The van der Waals surface area contributed by atoms with E-state index in [4.69, 9.17) is 0 Å². The number of hydrogen-bond donors (Lipinski definition) is 1. The molecule has 1 fully saturated rings. The van der Waals surface area contributed by atoms with E-state index in [0.717, 1.165) is 24.6 Å². The molecule has 0 bridgehead atoms. The molecule has 2 aromatic rings. The molecule has 2 unspecified atom stereocenters. The lowest BCUT2D eigenvalue weighted by atomic mass is 9.92. The van der Waals surface area contributed by atoms with E-state index in [9.17, 15) is 4.39 Å². The van der Waals surface area contributed by atoms with Gasteiger partial charge in [0.2, 0.25) is 0 Å². The molecule has 1 N–H and O–H groups in total. The third-order valence-corrected chi connectivity index (χ3v) is 4.63. The van der Waals surface area contributed by atoms with Gasteiger partial charge in [0.15, 0.2) is 5.96 Å². The Labute approximate surface area is 148 Å². The third-order valence-electron chi connectivity index (χ3n) is 4.63. The number of imidazole rings is 1. The Morgan fingerprint density at radius 2 is 2.08 bits per heavy atom. The summed E-state index contributed by atoms with van der Waals surface area (Å²) in [5, 5.41) is 3.37. The maximum Gasteiger partial charge on any atom is 0.193 e. The second-order valence-corrected chi connectivity index (χ2v) is 7.01. The first kappa shape index (κ1) is 17.5. The van der Waals surface area contributed by atoms with Crippen LogP contribution in [0.1, 0.15) is 25.8 Å². The van der Waals surface area contributed by atoms with Gasteiger partial charge in [0, 0.05) is 39.1 Å². The lowest BCUT2D eigenvalue weighted by molar-refractivity contribution is 0.208. The molecule has 2 heterocycles. The second kappa shape index (κ2) is 7.68. The molecule has 1 aromatic heterocycles. The van der Waals surface area contributed by atoms with Crippen LogP contribution < -0.4 is 5.32 Å². The molecular weight excluding hydrogens is 317 g/mol. The van der Waals surface area contributed by atoms with Crippen molar-refractivity contribution >= 4 is 5.96 Å². The highest BCUT2D eigenvalue weighted by molar-refractivity contribution is 5.80. The van der Waals surface area contributed by atoms with E-state index in [2.05, 4.69) is 34.0 Å². The largest absolute Gasteiger partial charge is 0.352 e. The molecule has 1 saturated heterocycles. The lowest BCUT2D eigenvalue weighted by Gasteiger charge is -2.37. The number of piperidine rings is 1. The minimum absolute atomic E-state index is 0.257. The molecule has 134 valence electrons. The summed E-state index contributed by atoms with van der Waals surface area (Å²) in [7, 11) is 1.80. The highest BCUT2D eigenvalue weighted by Gasteiger charge is 2.23. The fourth-order valence-electron chi connectivity index (χ4n) is 3.62. The average Bonchev–Trinajstić information content (AvgIpc) is 3.09. The van der Waals surface area contributed by atoms with Gasteiger partial charge in [-0.15, -0.1) is 0 Å². The van der Waals surface area contributed by atoms with E-state index in [1.165, 1.54) is 6.42 Å². The van der Waals surface area contributed by atoms with Crippen molar-refractivity contribution in [3.8, 4) is 5.69 Å². The highest BCUT2D eigenvalue weighted by atomic mass is 19.1. The summed E-state index contributed by atoms with van der Waals surface area (Å²) < 4.78 is 16.0. The smallest absolute Gasteiger partial charge is 0.193 e. The zero-order valence-corrected chi connectivity index (χ0v) is 15.1. The number of likely N-dealkylation sites (tertiary alicyclic amines) is 1. The van der Waals surface area contributed by atoms with Crippen molar-refractivity contribution in [3.05, 3.63) is 48.3 Å². The van der Waals surface area contributed by atoms with Gasteiger partial charge in [0.1, 0.15) is 5.82 Å². The first-order chi connectivity index (χ1) is 12.1. The number of nitrogens with one attached hydrogen (secondary N) is 1. The maximum atomic E-state index is 14.4. The fourth-order valence-corrected chi connectivity index (χ4v) is 3.62. The summed E-state index contributed by atoms with van der Waals surface area (Å²) in [5.74, 6) is 1.95. The van der Waals surface area contributed by atoms with Gasteiger partial charge in [-0.1, -0.05) is 19.9 Å². The topological polar surface area (TPSA) is 45.5 Å². The molecule has 1 aliphatic rings. The average molecular weight is 343 g/mol. The van der Waals surface area contributed by atoms with Gasteiger partial charge in [-0.25, -0.2) is 9.37 Å². The Morgan fingerprint density at radius 1 is 1.32 bits per heavy atom. The molecule has 0 radical (unpaired) electrons. The Bertz CT molecular complexity index is 715. The number of aliphatic imine (C=N–C) groups is 1. The van der Waals surface area contributed by atoms with Crippen LogP contribution in [0.4, 0.5) is 4.39 Å². The predicted octanol–water partition coefficient (Wildman–Crippen LogP) is 3.06. The zero-order chi connectivity index (χ0) is 17.8. The van der Waals surface area contributed by atoms with Gasteiger partial charge < -0.3 is 14.8 Å². The Morgan fingerprint density at radius 3 is 2.68 bits per heavy atom. The molecule has 25 heavy (non-hydrogen) atoms. The van der Waals surface area contributed by atoms with Crippen LogP contribution >= 0.6 is 0 Å². The summed E-state index contributed by atoms with van der Waals surface area (Å²) in [6.07, 6.45) is 6.22. The number of rotatable bonds is 3. The standard InChI is InChI=1S/C19H26FN5/c1-14-8-15(2)12-25(11-14)19(21-3)23-10-16-4-5-18(17(20)9-16)24-7-6-22-13-24/h4-7,9,13-15H,8,10-12H2,1-3H3,(H,21,23). The van der Waals surface area contributed by atoms with Gasteiger partial charge in [0.25, 0.3) is 0 Å². The fraction of sp³-hybridized carbons (Fsp3) is 0.474. The van der Waals surface area contributed by atoms with Crippen molar-refractivity contribution in [1.82, 2.24) is 19.8 Å². The van der Waals surface area contributed by atoms with Crippen LogP contribution in [0.2, 0.25) is 0 Å². The molecular formula is C19H26FN5. The van der Waals surface area contributed by atoms with Crippen LogP contribution in [0, 0.1) is 17.7 Å². The van der Waals surface area contributed by atoms with E-state index < -0.39 is 0 Å². The molecule has 3 rings (SSSR count). The monoisotopic (exact) mass is 343 g/mol. The molecule has 0 aliphatic carbocycles. The number of halogens is 1. The first-order valence-electron chi connectivity index (χ1n) is 8.79. The van der Waals surface area contributed by atoms with Crippen molar-refractivity contribution in [1.29, 1.82) is 0 Å².